The van der Waals surface area contributed by atoms with Crippen LogP contribution in [0.25, 0.3) is 0 Å². The zero-order chi connectivity index (χ0) is 14.5. The molecule has 1 N–H and O–H groups in total. The van der Waals surface area contributed by atoms with Crippen LogP contribution in [0.2, 0.25) is 10.0 Å². The van der Waals surface area contributed by atoms with E-state index in [0.29, 0.717) is 33.9 Å². The van der Waals surface area contributed by atoms with Gasteiger partial charge < -0.3 is 5.32 Å². The van der Waals surface area contributed by atoms with Crippen molar-refractivity contribution in [1.29, 1.82) is 0 Å². The van der Waals surface area contributed by atoms with E-state index < -0.39 is 0 Å². The zero-order valence-electron chi connectivity index (χ0n) is 10.4. The van der Waals surface area contributed by atoms with E-state index in [1.54, 1.807) is 12.1 Å². The summed E-state index contributed by atoms with van der Waals surface area (Å²) in [7, 11) is 0. The fraction of sp³-hybridized carbons (Fsp3) is 0.167. The summed E-state index contributed by atoms with van der Waals surface area (Å²) in [5, 5.41) is 12.2. The van der Waals surface area contributed by atoms with E-state index in [0.717, 1.165) is 5.56 Å². The van der Waals surface area contributed by atoms with Gasteiger partial charge in [-0.15, -0.1) is 10.2 Å². The lowest BCUT2D eigenvalue weighted by molar-refractivity contribution is 0.111. The third-order valence-electron chi connectivity index (χ3n) is 2.45. The van der Waals surface area contributed by atoms with Crippen molar-refractivity contribution in [2.75, 3.05) is 11.6 Å². The van der Waals surface area contributed by atoms with Crippen LogP contribution in [0.5, 0.6) is 0 Å². The van der Waals surface area contributed by atoms with Crippen molar-refractivity contribution in [1.82, 2.24) is 15.2 Å². The molecular weight excluding hydrogens is 319 g/mol. The quantitative estimate of drug-likeness (QED) is 0.670. The molecule has 0 saturated carbocycles. The number of aldehydes is 1. The summed E-state index contributed by atoms with van der Waals surface area (Å²) in [5.41, 5.74) is 1.00. The Kier molecular flexibility index (Phi) is 5.17. The second kappa shape index (κ2) is 6.88. The molecule has 20 heavy (non-hydrogen) atoms. The normalized spacial score (nSPS) is 10.3. The molecule has 0 unspecified atom stereocenters. The summed E-state index contributed by atoms with van der Waals surface area (Å²) in [6, 6.07) is 5.21. The van der Waals surface area contributed by atoms with Gasteiger partial charge in [0.15, 0.2) is 17.8 Å². The molecular formula is C12H10Cl2N4OS. The Balaban J connectivity index is 2.19. The van der Waals surface area contributed by atoms with Gasteiger partial charge in [0.25, 0.3) is 0 Å². The maximum absolute atomic E-state index is 10.9. The number of nitrogens with one attached hydrogen (secondary N) is 1. The lowest BCUT2D eigenvalue weighted by atomic mass is 10.2. The van der Waals surface area contributed by atoms with Crippen LogP contribution in [-0.4, -0.2) is 27.7 Å². The number of thioether (sulfide) groups is 1. The van der Waals surface area contributed by atoms with Crippen LogP contribution in [0, 0.1) is 0 Å². The number of halogens is 2. The van der Waals surface area contributed by atoms with Crippen LogP contribution >= 0.6 is 35.0 Å². The highest BCUT2D eigenvalue weighted by Crippen LogP contribution is 2.22. The Bertz CT molecular complexity index is 639. The van der Waals surface area contributed by atoms with Crippen LogP contribution < -0.4 is 5.32 Å². The summed E-state index contributed by atoms with van der Waals surface area (Å²) in [6.45, 7) is 0.406. The van der Waals surface area contributed by atoms with Gasteiger partial charge in [0.2, 0.25) is 5.16 Å². The summed E-state index contributed by atoms with van der Waals surface area (Å²) in [6.07, 6.45) is 2.44. The van der Waals surface area contributed by atoms with Gasteiger partial charge in [-0.3, -0.25) is 4.79 Å². The van der Waals surface area contributed by atoms with Crippen LogP contribution in [0.1, 0.15) is 16.1 Å². The Morgan fingerprint density at radius 2 is 2.15 bits per heavy atom. The first-order valence-corrected chi connectivity index (χ1v) is 7.53. The van der Waals surface area contributed by atoms with Gasteiger partial charge in [-0.05, 0) is 24.0 Å². The van der Waals surface area contributed by atoms with E-state index >= 15 is 0 Å². The molecule has 5 nitrogen and oxygen atoms in total. The average molecular weight is 329 g/mol. The fourth-order valence-electron chi connectivity index (χ4n) is 1.46. The predicted molar refractivity (Wildman–Crippen MR) is 80.8 cm³/mol. The summed E-state index contributed by atoms with van der Waals surface area (Å²) in [5.74, 6) is 0.380. The molecule has 0 aliphatic rings. The topological polar surface area (TPSA) is 67.8 Å². The second-order valence-electron chi connectivity index (χ2n) is 3.74. The Morgan fingerprint density at radius 3 is 2.80 bits per heavy atom. The molecule has 2 aromatic rings. The molecule has 8 heteroatoms. The summed E-state index contributed by atoms with van der Waals surface area (Å²) in [4.78, 5) is 15.1. The molecule has 0 aliphatic heterocycles. The van der Waals surface area contributed by atoms with Gasteiger partial charge in [0.05, 0.1) is 0 Å². The number of hydrogen-bond acceptors (Lipinski definition) is 6. The number of aromatic nitrogens is 3. The van der Waals surface area contributed by atoms with Gasteiger partial charge >= 0.3 is 0 Å². The molecule has 104 valence electrons. The Labute approximate surface area is 130 Å². The molecule has 2 rings (SSSR count). The highest BCUT2D eigenvalue weighted by atomic mass is 35.5. The number of carbonyl (C=O) groups excluding carboxylic acids is 1. The molecule has 1 heterocycles. The van der Waals surface area contributed by atoms with Gasteiger partial charge in [0.1, 0.15) is 0 Å². The fourth-order valence-corrected chi connectivity index (χ4v) is 2.24. The number of anilines is 1. The lowest BCUT2D eigenvalue weighted by Gasteiger charge is -2.09. The second-order valence-corrected chi connectivity index (χ2v) is 5.36. The van der Waals surface area contributed by atoms with Crippen LogP contribution in [0.3, 0.4) is 0 Å². The SMILES string of the molecule is CSc1nnc(C=O)c(NCc2ccc(Cl)cc2Cl)n1. The van der Waals surface area contributed by atoms with E-state index in [1.807, 2.05) is 12.3 Å². The van der Waals surface area contributed by atoms with Crippen molar-refractivity contribution >= 4 is 47.1 Å². The smallest absolute Gasteiger partial charge is 0.210 e. The third-order valence-corrected chi connectivity index (χ3v) is 3.57. The van der Waals surface area contributed by atoms with E-state index in [1.165, 1.54) is 11.8 Å². The van der Waals surface area contributed by atoms with Crippen molar-refractivity contribution < 1.29 is 4.79 Å². The molecule has 1 aromatic heterocycles. The van der Waals surface area contributed by atoms with Crippen molar-refractivity contribution in [3.8, 4) is 0 Å². The number of benzene rings is 1. The zero-order valence-corrected chi connectivity index (χ0v) is 12.8. The van der Waals surface area contributed by atoms with E-state index in [2.05, 4.69) is 20.5 Å². The van der Waals surface area contributed by atoms with E-state index in [-0.39, 0.29) is 5.69 Å². The Hall–Kier alpha value is -1.37. The monoisotopic (exact) mass is 328 g/mol. The highest BCUT2D eigenvalue weighted by molar-refractivity contribution is 7.98. The summed E-state index contributed by atoms with van der Waals surface area (Å²) >= 11 is 13.3. The minimum absolute atomic E-state index is 0.160. The molecule has 0 amide bonds. The van der Waals surface area contributed by atoms with Gasteiger partial charge in [0, 0.05) is 16.6 Å². The molecule has 1 aromatic carbocycles. The number of carbonyl (C=O) groups is 1. The number of rotatable bonds is 5. The van der Waals surface area contributed by atoms with Gasteiger partial charge in [-0.1, -0.05) is 41.0 Å². The first kappa shape index (κ1) is 15.0. The first-order chi connectivity index (χ1) is 9.63. The third kappa shape index (κ3) is 3.59. The minimum Gasteiger partial charge on any atom is -0.364 e. The molecule has 0 bridgehead atoms. The molecule has 0 radical (unpaired) electrons. The standard InChI is InChI=1S/C12H10Cl2N4OS/c1-20-12-16-11(10(6-19)17-18-12)15-5-7-2-3-8(13)4-9(7)14/h2-4,6H,5H2,1H3,(H,15,16,18). The largest absolute Gasteiger partial charge is 0.364 e. The maximum Gasteiger partial charge on any atom is 0.210 e. The minimum atomic E-state index is 0.160. The highest BCUT2D eigenvalue weighted by Gasteiger charge is 2.09. The number of nitrogens with zero attached hydrogens (tertiary/aromatic N) is 3. The van der Waals surface area contributed by atoms with Crippen molar-refractivity contribution in [2.24, 2.45) is 0 Å². The Morgan fingerprint density at radius 1 is 1.35 bits per heavy atom. The van der Waals surface area contributed by atoms with Crippen molar-refractivity contribution in [2.45, 2.75) is 11.7 Å². The lowest BCUT2D eigenvalue weighted by Crippen LogP contribution is -2.08. The maximum atomic E-state index is 10.9. The predicted octanol–water partition coefficient (Wildman–Crippen LogP) is 3.32. The van der Waals surface area contributed by atoms with Crippen LogP contribution in [0.15, 0.2) is 23.4 Å². The molecule has 0 atom stereocenters. The van der Waals surface area contributed by atoms with Gasteiger partial charge in [-0.2, -0.15) is 0 Å². The van der Waals surface area contributed by atoms with Crippen molar-refractivity contribution in [3.63, 3.8) is 0 Å². The molecule has 0 spiro atoms. The van der Waals surface area contributed by atoms with Gasteiger partial charge in [-0.25, -0.2) is 4.98 Å². The summed E-state index contributed by atoms with van der Waals surface area (Å²) < 4.78 is 0. The average Bonchev–Trinajstić information content (AvgIpc) is 2.46. The van der Waals surface area contributed by atoms with Crippen LogP contribution in [-0.2, 0) is 6.54 Å². The molecule has 0 aliphatic carbocycles. The van der Waals surface area contributed by atoms with Crippen LogP contribution in [0.4, 0.5) is 5.82 Å². The first-order valence-electron chi connectivity index (χ1n) is 5.55. The van der Waals surface area contributed by atoms with E-state index in [4.69, 9.17) is 23.2 Å². The molecule has 0 fully saturated rings. The van der Waals surface area contributed by atoms with Crippen molar-refractivity contribution in [3.05, 3.63) is 39.5 Å². The van der Waals surface area contributed by atoms with E-state index in [9.17, 15) is 4.79 Å². The number of hydrogen-bond donors (Lipinski definition) is 1. The molecule has 0 saturated heterocycles.